The Morgan fingerprint density at radius 2 is 1.22 bits per heavy atom. The number of nitrogens with zero attached hydrogens (tertiary/aromatic N) is 3. The zero-order valence-electron chi connectivity index (χ0n) is 28.2. The molecule has 0 amide bonds. The minimum atomic E-state index is -0.161. The second-order valence-electron chi connectivity index (χ2n) is 14.2. The third kappa shape index (κ3) is 3.96. The van der Waals surface area contributed by atoms with Crippen LogP contribution in [0, 0.1) is 0 Å². The predicted octanol–water partition coefficient (Wildman–Crippen LogP) is 12.3. The maximum Gasteiger partial charge on any atom is 0.235 e. The molecule has 0 saturated heterocycles. The molecule has 0 radical (unpaired) electrons. The highest BCUT2D eigenvalue weighted by atomic mass is 16.3. The lowest BCUT2D eigenvalue weighted by Gasteiger charge is -2.21. The Balaban J connectivity index is 1.23. The highest BCUT2D eigenvalue weighted by Crippen LogP contribution is 2.51. The fourth-order valence-electron chi connectivity index (χ4n) is 8.53. The summed E-state index contributed by atoms with van der Waals surface area (Å²) < 4.78 is 8.96. The average Bonchev–Trinajstić information content (AvgIpc) is 3.79. The molecule has 1 aliphatic carbocycles. The Hall–Kier alpha value is -6.52. The van der Waals surface area contributed by atoms with Crippen LogP contribution in [0.1, 0.15) is 25.0 Å². The summed E-state index contributed by atoms with van der Waals surface area (Å²) in [5, 5.41) is 5.45. The van der Waals surface area contributed by atoms with E-state index in [0.717, 1.165) is 65.9 Å². The van der Waals surface area contributed by atoms with Crippen molar-refractivity contribution < 1.29 is 4.42 Å². The summed E-state index contributed by atoms with van der Waals surface area (Å²) >= 11 is 0. The van der Waals surface area contributed by atoms with Crippen LogP contribution in [0.15, 0.2) is 156 Å². The molecule has 0 N–H and O–H groups in total. The van der Waals surface area contributed by atoms with E-state index in [4.69, 9.17) is 14.4 Å². The number of benzene rings is 7. The van der Waals surface area contributed by atoms with Crippen LogP contribution in [0.25, 0.3) is 94.1 Å². The molecule has 0 bridgehead atoms. The molecule has 3 aromatic heterocycles. The standard InChI is InChI=1S/C47H31N3O/c1-47(2)37-17-9-6-14-31(37)35-26-36-41(27-38(35)47)50(40-25-24-33-32-15-8-11-19-42(32)51-45(33)43(36)40)46-48-39-18-10-7-16-34(39)44(49-46)30-22-20-29(21-23-30)28-12-4-3-5-13-28/h3-27H,1-2H3. The van der Waals surface area contributed by atoms with Crippen LogP contribution in [0.3, 0.4) is 0 Å². The fraction of sp³-hybridized carbons (Fsp3) is 0.0638. The zero-order valence-corrected chi connectivity index (χ0v) is 28.2. The van der Waals surface area contributed by atoms with Gasteiger partial charge in [0.15, 0.2) is 0 Å². The van der Waals surface area contributed by atoms with E-state index in [1.807, 2.05) is 12.1 Å². The van der Waals surface area contributed by atoms with Gasteiger partial charge < -0.3 is 4.42 Å². The van der Waals surface area contributed by atoms with Gasteiger partial charge in [-0.25, -0.2) is 9.97 Å². The molecule has 0 spiro atoms. The zero-order chi connectivity index (χ0) is 33.8. The van der Waals surface area contributed by atoms with Crippen molar-refractivity contribution in [2.45, 2.75) is 19.3 Å². The molecule has 0 aliphatic heterocycles. The van der Waals surface area contributed by atoms with Crippen molar-refractivity contribution in [3.05, 3.63) is 163 Å². The van der Waals surface area contributed by atoms with Crippen LogP contribution < -0.4 is 0 Å². The van der Waals surface area contributed by atoms with E-state index >= 15 is 0 Å². The average molecular weight is 654 g/mol. The van der Waals surface area contributed by atoms with Crippen molar-refractivity contribution in [3.8, 4) is 39.5 Å². The molecule has 4 heteroatoms. The molecule has 0 saturated carbocycles. The van der Waals surface area contributed by atoms with Crippen LogP contribution in [0.2, 0.25) is 0 Å². The smallest absolute Gasteiger partial charge is 0.235 e. The van der Waals surface area contributed by atoms with Gasteiger partial charge in [-0.15, -0.1) is 0 Å². The lowest BCUT2D eigenvalue weighted by atomic mass is 9.82. The lowest BCUT2D eigenvalue weighted by molar-refractivity contribution is 0.661. The van der Waals surface area contributed by atoms with Crippen LogP contribution in [-0.4, -0.2) is 14.5 Å². The van der Waals surface area contributed by atoms with Crippen molar-refractivity contribution in [2.75, 3.05) is 0 Å². The highest BCUT2D eigenvalue weighted by molar-refractivity contribution is 6.24. The number of aromatic nitrogens is 3. The SMILES string of the molecule is CC1(C)c2ccccc2-c2cc3c4c5oc6ccccc6c5ccc4n(-c4nc(-c5ccc(-c6ccccc6)cc5)c5ccccc5n4)c3cc21. The van der Waals surface area contributed by atoms with E-state index in [1.54, 1.807) is 0 Å². The molecule has 1 aliphatic rings. The Morgan fingerprint density at radius 3 is 2.08 bits per heavy atom. The minimum absolute atomic E-state index is 0.161. The number of fused-ring (bicyclic) bond motifs is 11. The summed E-state index contributed by atoms with van der Waals surface area (Å²) in [5.74, 6) is 0.638. The predicted molar refractivity (Wildman–Crippen MR) is 210 cm³/mol. The summed E-state index contributed by atoms with van der Waals surface area (Å²) in [4.78, 5) is 10.7. The number of para-hydroxylation sites is 2. The van der Waals surface area contributed by atoms with Gasteiger partial charge in [0.05, 0.1) is 27.6 Å². The second-order valence-corrected chi connectivity index (χ2v) is 14.2. The van der Waals surface area contributed by atoms with E-state index in [0.29, 0.717) is 5.95 Å². The first-order chi connectivity index (χ1) is 25.0. The molecule has 10 aromatic rings. The third-order valence-electron chi connectivity index (χ3n) is 11.0. The molecular weight excluding hydrogens is 623 g/mol. The van der Waals surface area contributed by atoms with E-state index in [1.165, 1.54) is 33.4 Å². The van der Waals surface area contributed by atoms with Crippen LogP contribution in [0.5, 0.6) is 0 Å². The number of furan rings is 1. The summed E-state index contributed by atoms with van der Waals surface area (Å²) in [6.07, 6.45) is 0. The molecule has 3 heterocycles. The van der Waals surface area contributed by atoms with Gasteiger partial charge in [0.25, 0.3) is 0 Å². The maximum absolute atomic E-state index is 6.71. The normalized spacial score (nSPS) is 13.5. The number of hydrogen-bond donors (Lipinski definition) is 0. The Labute approximate surface area is 294 Å². The van der Waals surface area contributed by atoms with E-state index in [2.05, 4.69) is 158 Å². The first kappa shape index (κ1) is 28.3. The van der Waals surface area contributed by atoms with Gasteiger partial charge >= 0.3 is 0 Å². The molecule has 7 aromatic carbocycles. The maximum atomic E-state index is 6.71. The van der Waals surface area contributed by atoms with Crippen LogP contribution in [-0.2, 0) is 5.41 Å². The van der Waals surface area contributed by atoms with Crippen molar-refractivity contribution in [3.63, 3.8) is 0 Å². The molecular formula is C47H31N3O. The first-order valence-corrected chi connectivity index (χ1v) is 17.5. The topological polar surface area (TPSA) is 43.9 Å². The van der Waals surface area contributed by atoms with Gasteiger partial charge in [0.1, 0.15) is 11.2 Å². The monoisotopic (exact) mass is 653 g/mol. The Morgan fingerprint density at radius 1 is 0.510 bits per heavy atom. The highest BCUT2D eigenvalue weighted by Gasteiger charge is 2.36. The largest absolute Gasteiger partial charge is 0.455 e. The van der Waals surface area contributed by atoms with E-state index < -0.39 is 0 Å². The van der Waals surface area contributed by atoms with Crippen LogP contribution in [0.4, 0.5) is 0 Å². The lowest BCUT2D eigenvalue weighted by Crippen LogP contribution is -2.15. The van der Waals surface area contributed by atoms with Gasteiger partial charge in [0.2, 0.25) is 5.95 Å². The molecule has 0 atom stereocenters. The van der Waals surface area contributed by atoms with Gasteiger partial charge in [0, 0.05) is 32.5 Å². The molecule has 11 rings (SSSR count). The number of rotatable bonds is 3. The van der Waals surface area contributed by atoms with Gasteiger partial charge in [-0.2, -0.15) is 0 Å². The molecule has 0 unspecified atom stereocenters. The van der Waals surface area contributed by atoms with Gasteiger partial charge in [-0.1, -0.05) is 129 Å². The van der Waals surface area contributed by atoms with Crippen molar-refractivity contribution in [1.29, 1.82) is 0 Å². The van der Waals surface area contributed by atoms with Gasteiger partial charge in [-0.05, 0) is 69.8 Å². The van der Waals surface area contributed by atoms with E-state index in [9.17, 15) is 0 Å². The van der Waals surface area contributed by atoms with Crippen molar-refractivity contribution in [1.82, 2.24) is 14.5 Å². The van der Waals surface area contributed by atoms with Crippen LogP contribution >= 0.6 is 0 Å². The minimum Gasteiger partial charge on any atom is -0.455 e. The summed E-state index contributed by atoms with van der Waals surface area (Å²) in [5.41, 5.74) is 14.1. The molecule has 0 fully saturated rings. The fourth-order valence-corrected chi connectivity index (χ4v) is 8.53. The summed E-state index contributed by atoms with van der Waals surface area (Å²) in [6.45, 7) is 4.66. The van der Waals surface area contributed by atoms with Crippen molar-refractivity contribution in [2.24, 2.45) is 0 Å². The third-order valence-corrected chi connectivity index (χ3v) is 11.0. The summed E-state index contributed by atoms with van der Waals surface area (Å²) in [7, 11) is 0. The van der Waals surface area contributed by atoms with Crippen molar-refractivity contribution >= 4 is 54.6 Å². The number of hydrogen-bond acceptors (Lipinski definition) is 3. The quantitative estimate of drug-likeness (QED) is 0.191. The Kier molecular flexibility index (Phi) is 5.70. The Bertz CT molecular complexity index is 3040. The second kappa shape index (κ2) is 10.3. The first-order valence-electron chi connectivity index (χ1n) is 17.5. The van der Waals surface area contributed by atoms with E-state index in [-0.39, 0.29) is 5.41 Å². The van der Waals surface area contributed by atoms with Gasteiger partial charge in [-0.3, -0.25) is 4.57 Å². The summed E-state index contributed by atoms with van der Waals surface area (Å²) in [6, 6.07) is 53.8. The molecule has 240 valence electrons. The molecule has 4 nitrogen and oxygen atoms in total. The molecule has 51 heavy (non-hydrogen) atoms.